The van der Waals surface area contributed by atoms with Crippen LogP contribution in [-0.2, 0) is 0 Å². The van der Waals surface area contributed by atoms with Crippen LogP contribution in [0.2, 0.25) is 0 Å². The molecule has 0 heterocycles. The molecule has 0 amide bonds. The van der Waals surface area contributed by atoms with E-state index in [1.165, 1.54) is 0 Å². The van der Waals surface area contributed by atoms with Gasteiger partial charge in [-0.1, -0.05) is 11.6 Å². The summed E-state index contributed by atoms with van der Waals surface area (Å²) in [7, 11) is 22.2. The van der Waals surface area contributed by atoms with Crippen molar-refractivity contribution in [1.29, 1.82) is 0 Å². The van der Waals surface area contributed by atoms with Crippen LogP contribution in [0.1, 0.15) is 5.56 Å². The molecule has 0 nitrogen and oxygen atoms in total. The Morgan fingerprint density at radius 1 is 0.909 bits per heavy atom. The first-order valence-electron chi connectivity index (χ1n) is 3.23. The van der Waals surface area contributed by atoms with Crippen LogP contribution in [0.3, 0.4) is 0 Å². The van der Waals surface area contributed by atoms with Gasteiger partial charge in [0.15, 0.2) is 0 Å². The van der Waals surface area contributed by atoms with Crippen molar-refractivity contribution in [2.75, 3.05) is 0 Å². The van der Waals surface area contributed by atoms with Crippen molar-refractivity contribution in [2.24, 2.45) is 0 Å². The normalized spacial score (nSPS) is 9.91. The Bertz CT molecular complexity index is 267. The quantitative estimate of drug-likeness (QED) is 0.333. The zero-order valence-corrected chi connectivity index (χ0v) is 6.39. The van der Waals surface area contributed by atoms with Crippen LogP contribution in [-0.4, -0.2) is 31.4 Å². The summed E-state index contributed by atoms with van der Waals surface area (Å²) in [6, 6.07) is 1.71. The standard InChI is InChI=1S/C7H4B4/c1-3-2-4(8)6(10)7(11)5(3)9/h2H,1H3. The van der Waals surface area contributed by atoms with Crippen molar-refractivity contribution in [2.45, 2.75) is 6.92 Å². The van der Waals surface area contributed by atoms with Crippen molar-refractivity contribution in [3.63, 3.8) is 0 Å². The third-order valence-corrected chi connectivity index (χ3v) is 1.69. The lowest BCUT2D eigenvalue weighted by atomic mass is 9.66. The Morgan fingerprint density at radius 2 is 1.45 bits per heavy atom. The average molecular weight is 131 g/mol. The Kier molecular flexibility index (Phi) is 2.22. The van der Waals surface area contributed by atoms with Gasteiger partial charge in [0.2, 0.25) is 0 Å². The predicted octanol–water partition coefficient (Wildman–Crippen LogP) is -2.83. The van der Waals surface area contributed by atoms with Gasteiger partial charge in [-0.2, -0.15) is 0 Å². The first-order valence-corrected chi connectivity index (χ1v) is 3.23. The van der Waals surface area contributed by atoms with E-state index in [9.17, 15) is 0 Å². The Morgan fingerprint density at radius 3 is 2.00 bits per heavy atom. The molecular weight excluding hydrogens is 127 g/mol. The first-order chi connectivity index (χ1) is 5.04. The van der Waals surface area contributed by atoms with E-state index in [-0.39, 0.29) is 0 Å². The second kappa shape index (κ2) is 2.84. The highest BCUT2D eigenvalue weighted by atomic mass is 14.0. The highest BCUT2D eigenvalue weighted by Crippen LogP contribution is 1.82. The second-order valence-electron chi connectivity index (χ2n) is 2.52. The first kappa shape index (κ1) is 8.58. The molecule has 8 radical (unpaired) electrons. The van der Waals surface area contributed by atoms with E-state index in [2.05, 4.69) is 0 Å². The topological polar surface area (TPSA) is 0 Å². The molecule has 0 aliphatic rings. The molecule has 11 heavy (non-hydrogen) atoms. The summed E-state index contributed by atoms with van der Waals surface area (Å²) in [5.41, 5.74) is 2.59. The third-order valence-electron chi connectivity index (χ3n) is 1.69. The summed E-state index contributed by atoms with van der Waals surface area (Å²) >= 11 is 0. The molecule has 0 atom stereocenters. The maximum Gasteiger partial charge on any atom is 0.113 e. The molecule has 0 aliphatic heterocycles. The zero-order valence-electron chi connectivity index (χ0n) is 6.39. The number of aryl methyl sites for hydroxylation is 1. The Balaban J connectivity index is 3.46. The molecule has 0 spiro atoms. The van der Waals surface area contributed by atoms with Crippen molar-refractivity contribution in [3.8, 4) is 0 Å². The molecule has 1 aromatic rings. The van der Waals surface area contributed by atoms with Gasteiger partial charge in [-0.05, 0) is 6.92 Å². The molecule has 1 aromatic carbocycles. The van der Waals surface area contributed by atoms with Crippen molar-refractivity contribution < 1.29 is 0 Å². The van der Waals surface area contributed by atoms with E-state index in [4.69, 9.17) is 31.4 Å². The number of hydrogen-bond donors (Lipinski definition) is 0. The number of rotatable bonds is 0. The van der Waals surface area contributed by atoms with Gasteiger partial charge < -0.3 is 0 Å². The van der Waals surface area contributed by atoms with Crippen LogP contribution < -0.4 is 21.9 Å². The van der Waals surface area contributed by atoms with Gasteiger partial charge in [-0.15, -0.1) is 21.9 Å². The number of benzene rings is 1. The Hall–Kier alpha value is -0.520. The molecule has 0 saturated carbocycles. The lowest BCUT2D eigenvalue weighted by molar-refractivity contribution is 1.56. The molecule has 0 aliphatic carbocycles. The maximum absolute atomic E-state index is 5.59. The fourth-order valence-corrected chi connectivity index (χ4v) is 0.902. The van der Waals surface area contributed by atoms with Gasteiger partial charge in [0, 0.05) is 0 Å². The van der Waals surface area contributed by atoms with Gasteiger partial charge in [0.05, 0.1) is 0 Å². The van der Waals surface area contributed by atoms with Crippen LogP contribution in [0, 0.1) is 6.92 Å². The molecule has 0 bridgehead atoms. The minimum Gasteiger partial charge on any atom is -0.111 e. The van der Waals surface area contributed by atoms with E-state index in [0.717, 1.165) is 5.56 Å². The molecule has 0 aromatic heterocycles. The molecule has 0 unspecified atom stereocenters. The predicted molar refractivity (Wildman–Crippen MR) is 52.7 cm³/mol. The Labute approximate surface area is 72.4 Å². The van der Waals surface area contributed by atoms with Gasteiger partial charge in [-0.25, -0.2) is 0 Å². The minimum atomic E-state index is 0.369. The number of hydrogen-bond acceptors (Lipinski definition) is 0. The highest BCUT2D eigenvalue weighted by Gasteiger charge is 2.00. The van der Waals surface area contributed by atoms with Gasteiger partial charge >= 0.3 is 0 Å². The lowest BCUT2D eigenvalue weighted by Gasteiger charge is -2.12. The lowest BCUT2D eigenvalue weighted by Crippen LogP contribution is -2.48. The summed E-state index contributed by atoms with van der Waals surface area (Å²) in [4.78, 5) is 0. The summed E-state index contributed by atoms with van der Waals surface area (Å²) in [5, 5.41) is 0. The van der Waals surface area contributed by atoms with Crippen LogP contribution in [0.5, 0.6) is 0 Å². The van der Waals surface area contributed by atoms with Crippen LogP contribution in [0.4, 0.5) is 0 Å². The molecule has 44 valence electrons. The molecular formula is C7H4B4. The highest BCUT2D eigenvalue weighted by molar-refractivity contribution is 6.62. The van der Waals surface area contributed by atoms with Crippen LogP contribution in [0.15, 0.2) is 6.07 Å². The van der Waals surface area contributed by atoms with Gasteiger partial charge in [0.1, 0.15) is 31.4 Å². The second-order valence-corrected chi connectivity index (χ2v) is 2.52. The third kappa shape index (κ3) is 1.40. The fraction of sp³-hybridized carbons (Fsp3) is 0.143. The maximum atomic E-state index is 5.59. The summed E-state index contributed by atoms with van der Waals surface area (Å²) in [5.74, 6) is 0. The van der Waals surface area contributed by atoms with Crippen molar-refractivity contribution in [3.05, 3.63) is 11.6 Å². The average Bonchev–Trinajstić information content (AvgIpc) is 1.97. The van der Waals surface area contributed by atoms with Crippen LogP contribution in [0.25, 0.3) is 0 Å². The largest absolute Gasteiger partial charge is 0.113 e. The smallest absolute Gasteiger partial charge is 0.111 e. The molecule has 0 saturated heterocycles. The monoisotopic (exact) mass is 132 g/mol. The van der Waals surface area contributed by atoms with E-state index >= 15 is 0 Å². The minimum absolute atomic E-state index is 0.369. The SMILES string of the molecule is [B]c1cc(C)c([B])c([B])c1[B]. The molecule has 4 heteroatoms. The van der Waals surface area contributed by atoms with E-state index in [0.29, 0.717) is 21.9 Å². The van der Waals surface area contributed by atoms with Crippen molar-refractivity contribution >= 4 is 53.2 Å². The fourth-order valence-electron chi connectivity index (χ4n) is 0.902. The summed E-state index contributed by atoms with van der Waals surface area (Å²) < 4.78 is 0. The molecule has 0 N–H and O–H groups in total. The van der Waals surface area contributed by atoms with E-state index in [1.54, 1.807) is 6.07 Å². The van der Waals surface area contributed by atoms with E-state index < -0.39 is 0 Å². The summed E-state index contributed by atoms with van der Waals surface area (Å²) in [6.45, 7) is 1.83. The summed E-state index contributed by atoms with van der Waals surface area (Å²) in [6.07, 6.45) is 0. The van der Waals surface area contributed by atoms with E-state index in [1.807, 2.05) is 6.92 Å². The van der Waals surface area contributed by atoms with Crippen LogP contribution >= 0.6 is 0 Å². The molecule has 0 fully saturated rings. The van der Waals surface area contributed by atoms with Gasteiger partial charge in [-0.3, -0.25) is 0 Å². The zero-order chi connectivity index (χ0) is 8.59. The van der Waals surface area contributed by atoms with Gasteiger partial charge in [0.25, 0.3) is 0 Å². The van der Waals surface area contributed by atoms with Crippen molar-refractivity contribution in [1.82, 2.24) is 0 Å². The molecule has 1 rings (SSSR count).